The first-order valence-electron chi connectivity index (χ1n) is 15.8. The van der Waals surface area contributed by atoms with Crippen LogP contribution < -0.4 is 5.32 Å². The molecule has 0 heterocycles. The van der Waals surface area contributed by atoms with Gasteiger partial charge in [0.25, 0.3) is 0 Å². The van der Waals surface area contributed by atoms with Crippen molar-refractivity contribution >= 4 is 29.8 Å². The lowest BCUT2D eigenvalue weighted by molar-refractivity contribution is -0.153. The minimum Gasteiger partial charge on any atom is -0.481 e. The number of carboxylic acid groups (broad SMARTS) is 1. The van der Waals surface area contributed by atoms with Crippen LogP contribution in [0, 0.1) is 11.8 Å². The normalized spacial score (nSPS) is 14.7. The number of carbonyl (C=O) groups is 5. The van der Waals surface area contributed by atoms with Gasteiger partial charge in [-0.1, -0.05) is 82.6 Å². The molecule has 1 aliphatic carbocycles. The number of aliphatic carboxylic acids is 1. The lowest BCUT2D eigenvalue weighted by Crippen LogP contribution is -2.59. The smallest absolute Gasteiger partial charge is 0.407 e. The Morgan fingerprint density at radius 3 is 1.80 bits per heavy atom. The minimum atomic E-state index is -1.25. The zero-order valence-corrected chi connectivity index (χ0v) is 28.1. The number of alkyl carbamates (subject to hydrolysis) is 1. The standard InChI is InChI=1S/C35H48N4O7/c1-9-22(4)31(36-35(45)46-20-27-25-16-12-10-14-23(25)24-15-11-13-17-26(24)27)34(44)39(8)28(18-21(2)3)33(43)38(7)29(19-30(40)41)32(42)37(5)6/h10-17,21-22,27-29,31H,9,18-20H2,1-8H3,(H,36,45)(H,40,41)/t22-,28-,29-,31-/m0/s1. The van der Waals surface area contributed by atoms with Crippen molar-refractivity contribution in [1.29, 1.82) is 0 Å². The molecule has 46 heavy (non-hydrogen) atoms. The average Bonchev–Trinajstić information content (AvgIpc) is 3.35. The van der Waals surface area contributed by atoms with Crippen molar-refractivity contribution in [3.63, 3.8) is 0 Å². The Labute approximate surface area is 271 Å². The molecule has 2 N–H and O–H groups in total. The van der Waals surface area contributed by atoms with E-state index >= 15 is 0 Å². The van der Waals surface area contributed by atoms with Gasteiger partial charge in [-0.15, -0.1) is 0 Å². The molecule has 11 nitrogen and oxygen atoms in total. The summed E-state index contributed by atoms with van der Waals surface area (Å²) in [4.78, 5) is 69.2. The number of nitrogens with one attached hydrogen (secondary N) is 1. The van der Waals surface area contributed by atoms with Crippen molar-refractivity contribution in [2.75, 3.05) is 34.8 Å². The maximum Gasteiger partial charge on any atom is 0.407 e. The van der Waals surface area contributed by atoms with Crippen molar-refractivity contribution in [2.45, 2.75) is 71.0 Å². The van der Waals surface area contributed by atoms with Crippen LogP contribution in [0.5, 0.6) is 0 Å². The third kappa shape index (κ3) is 8.24. The zero-order chi connectivity index (χ0) is 34.3. The number of benzene rings is 2. The van der Waals surface area contributed by atoms with Gasteiger partial charge in [0.15, 0.2) is 0 Å². The Bertz CT molecular complexity index is 1380. The Hall–Kier alpha value is -4.41. The van der Waals surface area contributed by atoms with Gasteiger partial charge < -0.3 is 29.9 Å². The molecule has 2 aromatic rings. The third-order valence-corrected chi connectivity index (χ3v) is 8.80. The molecule has 0 aromatic heterocycles. The van der Waals surface area contributed by atoms with Crippen LogP contribution in [-0.4, -0.2) is 103 Å². The van der Waals surface area contributed by atoms with E-state index in [1.165, 1.54) is 38.0 Å². The summed E-state index contributed by atoms with van der Waals surface area (Å²) in [6.45, 7) is 7.63. The number of likely N-dealkylation sites (N-methyl/N-ethyl adjacent to an activating group) is 3. The van der Waals surface area contributed by atoms with Gasteiger partial charge in [0.2, 0.25) is 17.7 Å². The Kier molecular flexibility index (Phi) is 12.3. The lowest BCUT2D eigenvalue weighted by Gasteiger charge is -2.37. The van der Waals surface area contributed by atoms with E-state index in [9.17, 15) is 29.1 Å². The molecule has 4 amide bonds. The number of fused-ring (bicyclic) bond motifs is 3. The molecule has 4 atom stereocenters. The van der Waals surface area contributed by atoms with Crippen LogP contribution >= 0.6 is 0 Å². The van der Waals surface area contributed by atoms with Crippen LogP contribution in [0.2, 0.25) is 0 Å². The van der Waals surface area contributed by atoms with E-state index in [4.69, 9.17) is 4.74 Å². The number of rotatable bonds is 14. The summed E-state index contributed by atoms with van der Waals surface area (Å²) in [6.07, 6.45) is -0.492. The van der Waals surface area contributed by atoms with Crippen LogP contribution in [0.1, 0.15) is 64.0 Å². The predicted molar refractivity (Wildman–Crippen MR) is 175 cm³/mol. The topological polar surface area (TPSA) is 137 Å². The first kappa shape index (κ1) is 36.1. The second-order valence-corrected chi connectivity index (χ2v) is 12.7. The minimum absolute atomic E-state index is 0.0165. The quantitative estimate of drug-likeness (QED) is 0.317. The molecule has 0 saturated heterocycles. The monoisotopic (exact) mass is 636 g/mol. The van der Waals surface area contributed by atoms with Crippen LogP contribution in [-0.2, 0) is 23.9 Å². The molecule has 0 aliphatic heterocycles. The Balaban J connectivity index is 1.80. The summed E-state index contributed by atoms with van der Waals surface area (Å²) < 4.78 is 5.73. The first-order valence-corrected chi connectivity index (χ1v) is 15.8. The van der Waals surface area contributed by atoms with Gasteiger partial charge in [-0.3, -0.25) is 19.2 Å². The summed E-state index contributed by atoms with van der Waals surface area (Å²) in [5, 5.41) is 12.2. The van der Waals surface area contributed by atoms with Crippen LogP contribution in [0.3, 0.4) is 0 Å². The van der Waals surface area contributed by atoms with E-state index < -0.39 is 54.3 Å². The van der Waals surface area contributed by atoms with E-state index in [0.29, 0.717) is 6.42 Å². The number of nitrogens with zero attached hydrogens (tertiary/aromatic N) is 3. The number of hydrogen-bond donors (Lipinski definition) is 2. The SMILES string of the molecule is CC[C@H](C)[C@H](NC(=O)OCC1c2ccccc2-c2ccccc21)C(=O)N(C)[C@@H](CC(C)C)C(=O)N(C)[C@@H](CC(=O)O)C(=O)N(C)C. The second-order valence-electron chi connectivity index (χ2n) is 12.7. The highest BCUT2D eigenvalue weighted by atomic mass is 16.5. The largest absolute Gasteiger partial charge is 0.481 e. The first-order chi connectivity index (χ1) is 21.7. The van der Waals surface area contributed by atoms with Gasteiger partial charge in [0.05, 0.1) is 6.42 Å². The zero-order valence-electron chi connectivity index (χ0n) is 28.1. The maximum atomic E-state index is 14.0. The average molecular weight is 637 g/mol. The van der Waals surface area contributed by atoms with Crippen LogP contribution in [0.15, 0.2) is 48.5 Å². The maximum absolute atomic E-state index is 14.0. The van der Waals surface area contributed by atoms with Crippen LogP contribution in [0.25, 0.3) is 11.1 Å². The summed E-state index contributed by atoms with van der Waals surface area (Å²) >= 11 is 0. The number of hydrogen-bond acceptors (Lipinski definition) is 6. The molecule has 0 fully saturated rings. The fourth-order valence-electron chi connectivity index (χ4n) is 5.94. The lowest BCUT2D eigenvalue weighted by atomic mass is 9.95. The van der Waals surface area contributed by atoms with E-state index in [-0.39, 0.29) is 30.8 Å². The summed E-state index contributed by atoms with van der Waals surface area (Å²) in [5.41, 5.74) is 4.34. The molecule has 11 heteroatoms. The number of amides is 4. The van der Waals surface area contributed by atoms with Crippen molar-refractivity contribution in [2.24, 2.45) is 11.8 Å². The van der Waals surface area contributed by atoms with Crippen molar-refractivity contribution in [1.82, 2.24) is 20.0 Å². The third-order valence-electron chi connectivity index (χ3n) is 8.80. The van der Waals surface area contributed by atoms with E-state index in [1.807, 2.05) is 76.2 Å². The Morgan fingerprint density at radius 1 is 0.804 bits per heavy atom. The molecular weight excluding hydrogens is 588 g/mol. The van der Waals surface area contributed by atoms with E-state index in [0.717, 1.165) is 27.2 Å². The van der Waals surface area contributed by atoms with Gasteiger partial charge in [-0.2, -0.15) is 0 Å². The van der Waals surface area contributed by atoms with E-state index in [1.54, 1.807) is 0 Å². The van der Waals surface area contributed by atoms with Gasteiger partial charge in [0, 0.05) is 34.1 Å². The van der Waals surface area contributed by atoms with Crippen LogP contribution in [0.4, 0.5) is 4.79 Å². The molecule has 1 aliphatic rings. The molecule has 0 bridgehead atoms. The predicted octanol–water partition coefficient (Wildman–Crippen LogP) is 4.20. The molecule has 250 valence electrons. The fourth-order valence-corrected chi connectivity index (χ4v) is 5.94. The fraction of sp³-hybridized carbons (Fsp3) is 0.514. The molecule has 0 unspecified atom stereocenters. The molecule has 3 rings (SSSR count). The number of carbonyl (C=O) groups excluding carboxylic acids is 4. The highest BCUT2D eigenvalue weighted by molar-refractivity contribution is 5.95. The summed E-state index contributed by atoms with van der Waals surface area (Å²) in [7, 11) is 5.85. The van der Waals surface area contributed by atoms with Gasteiger partial charge in [-0.25, -0.2) is 4.79 Å². The summed E-state index contributed by atoms with van der Waals surface area (Å²) in [5.74, 6) is -3.26. The van der Waals surface area contributed by atoms with Crippen molar-refractivity contribution in [3.8, 4) is 11.1 Å². The molecule has 0 spiro atoms. The molecular formula is C35H48N4O7. The highest BCUT2D eigenvalue weighted by Crippen LogP contribution is 2.44. The number of ether oxygens (including phenoxy) is 1. The molecule has 2 aromatic carbocycles. The van der Waals surface area contributed by atoms with Gasteiger partial charge in [0.1, 0.15) is 24.7 Å². The van der Waals surface area contributed by atoms with Crippen molar-refractivity contribution in [3.05, 3.63) is 59.7 Å². The van der Waals surface area contributed by atoms with Gasteiger partial charge in [-0.05, 0) is 40.5 Å². The second kappa shape index (κ2) is 15.7. The summed E-state index contributed by atoms with van der Waals surface area (Å²) in [6, 6.07) is 12.8. The Morgan fingerprint density at radius 2 is 1.33 bits per heavy atom. The highest BCUT2D eigenvalue weighted by Gasteiger charge is 2.39. The molecule has 0 radical (unpaired) electrons. The number of carboxylic acids is 1. The molecule has 0 saturated carbocycles. The van der Waals surface area contributed by atoms with E-state index in [2.05, 4.69) is 5.32 Å². The van der Waals surface area contributed by atoms with Crippen molar-refractivity contribution < 1.29 is 33.8 Å². The van der Waals surface area contributed by atoms with Gasteiger partial charge >= 0.3 is 12.1 Å².